The molecule has 0 saturated heterocycles. The monoisotopic (exact) mass is 234 g/mol. The largest absolute Gasteiger partial charge is 0.316 e. The van der Waals surface area contributed by atoms with E-state index in [1.54, 1.807) is 0 Å². The van der Waals surface area contributed by atoms with E-state index in [4.69, 9.17) is 0 Å². The highest BCUT2D eigenvalue weighted by molar-refractivity contribution is 5.14. The van der Waals surface area contributed by atoms with Crippen molar-refractivity contribution in [3.63, 3.8) is 0 Å². The van der Waals surface area contributed by atoms with Crippen LogP contribution in [0.1, 0.15) is 32.8 Å². The summed E-state index contributed by atoms with van der Waals surface area (Å²) in [6.07, 6.45) is 1.19. The summed E-state index contributed by atoms with van der Waals surface area (Å²) in [6, 6.07) is 11.1. The summed E-state index contributed by atoms with van der Waals surface area (Å²) in [7, 11) is 2.04. The summed E-state index contributed by atoms with van der Waals surface area (Å²) in [5, 5.41) is 6.90. The molecule has 96 valence electrons. The first-order chi connectivity index (χ1) is 8.01. The lowest BCUT2D eigenvalue weighted by Crippen LogP contribution is -2.39. The Hall–Kier alpha value is -0.860. The summed E-state index contributed by atoms with van der Waals surface area (Å²) < 4.78 is 0. The van der Waals surface area contributed by atoms with Crippen molar-refractivity contribution in [3.8, 4) is 0 Å². The van der Waals surface area contributed by atoms with Crippen molar-refractivity contribution < 1.29 is 0 Å². The van der Waals surface area contributed by atoms with Gasteiger partial charge < -0.3 is 10.6 Å². The van der Waals surface area contributed by atoms with Crippen molar-refractivity contribution in [2.24, 2.45) is 5.41 Å². The zero-order chi connectivity index (χ0) is 12.7. The van der Waals surface area contributed by atoms with Gasteiger partial charge in [0, 0.05) is 19.1 Å². The molecule has 0 bridgehead atoms. The lowest BCUT2D eigenvalue weighted by Gasteiger charge is -2.26. The Morgan fingerprint density at radius 1 is 1.12 bits per heavy atom. The number of hydrogen-bond acceptors (Lipinski definition) is 2. The predicted octanol–water partition coefficient (Wildman–Crippen LogP) is 2.80. The molecule has 2 N–H and O–H groups in total. The average Bonchev–Trinajstić information content (AvgIpc) is 2.27. The summed E-state index contributed by atoms with van der Waals surface area (Å²) in [5.74, 6) is 0. The van der Waals surface area contributed by atoms with Crippen molar-refractivity contribution in [1.82, 2.24) is 10.6 Å². The summed E-state index contributed by atoms with van der Waals surface area (Å²) >= 11 is 0. The van der Waals surface area contributed by atoms with E-state index >= 15 is 0 Å². The molecule has 1 aromatic carbocycles. The molecular formula is C15H26N2. The summed E-state index contributed by atoms with van der Waals surface area (Å²) in [4.78, 5) is 0. The lowest BCUT2D eigenvalue weighted by atomic mass is 9.88. The maximum Gasteiger partial charge on any atom is 0.0206 e. The van der Waals surface area contributed by atoms with E-state index in [1.165, 1.54) is 12.0 Å². The normalized spacial score (nSPS) is 13.6. The van der Waals surface area contributed by atoms with Gasteiger partial charge in [0.05, 0.1) is 0 Å². The predicted molar refractivity (Wildman–Crippen MR) is 75.1 cm³/mol. The van der Waals surface area contributed by atoms with Gasteiger partial charge in [0.25, 0.3) is 0 Å². The van der Waals surface area contributed by atoms with Crippen LogP contribution in [0.15, 0.2) is 30.3 Å². The van der Waals surface area contributed by atoms with Crippen LogP contribution in [-0.4, -0.2) is 19.6 Å². The zero-order valence-electron chi connectivity index (χ0n) is 11.6. The molecule has 1 rings (SSSR count). The maximum absolute atomic E-state index is 3.51. The minimum absolute atomic E-state index is 0.377. The van der Waals surface area contributed by atoms with Crippen LogP contribution < -0.4 is 10.6 Å². The van der Waals surface area contributed by atoms with Crippen LogP contribution >= 0.6 is 0 Å². The first-order valence-electron chi connectivity index (χ1n) is 6.43. The molecule has 0 heterocycles. The van der Waals surface area contributed by atoms with Gasteiger partial charge in [-0.1, -0.05) is 51.1 Å². The van der Waals surface area contributed by atoms with Crippen molar-refractivity contribution in [2.45, 2.75) is 39.8 Å². The fourth-order valence-corrected chi connectivity index (χ4v) is 2.00. The first kappa shape index (κ1) is 14.2. The standard InChI is InChI=1S/C15H26N2/c1-15(2,3)10-14(16-4)12-17-11-13-8-6-5-7-9-13/h5-9,14,16-17H,10-12H2,1-4H3. The van der Waals surface area contributed by atoms with Gasteiger partial charge in [0.15, 0.2) is 0 Å². The van der Waals surface area contributed by atoms with Crippen LogP contribution in [0.4, 0.5) is 0 Å². The number of hydrogen-bond donors (Lipinski definition) is 2. The van der Waals surface area contributed by atoms with Crippen LogP contribution in [0, 0.1) is 5.41 Å². The molecule has 0 aromatic heterocycles. The molecule has 1 aromatic rings. The minimum atomic E-state index is 0.377. The Morgan fingerprint density at radius 2 is 1.76 bits per heavy atom. The minimum Gasteiger partial charge on any atom is -0.316 e. The van der Waals surface area contributed by atoms with E-state index in [-0.39, 0.29) is 0 Å². The highest BCUT2D eigenvalue weighted by Crippen LogP contribution is 2.20. The smallest absolute Gasteiger partial charge is 0.0206 e. The van der Waals surface area contributed by atoms with Crippen LogP contribution in [0.5, 0.6) is 0 Å². The quantitative estimate of drug-likeness (QED) is 0.791. The molecule has 0 spiro atoms. The first-order valence-corrected chi connectivity index (χ1v) is 6.43. The van der Waals surface area contributed by atoms with Crippen molar-refractivity contribution in [3.05, 3.63) is 35.9 Å². The van der Waals surface area contributed by atoms with Gasteiger partial charge in [0.1, 0.15) is 0 Å². The third-order valence-electron chi connectivity index (χ3n) is 2.83. The fraction of sp³-hybridized carbons (Fsp3) is 0.600. The molecule has 2 heteroatoms. The van der Waals surface area contributed by atoms with Crippen molar-refractivity contribution in [1.29, 1.82) is 0 Å². The van der Waals surface area contributed by atoms with E-state index in [2.05, 4.69) is 61.7 Å². The topological polar surface area (TPSA) is 24.1 Å². The third-order valence-corrected chi connectivity index (χ3v) is 2.83. The van der Waals surface area contributed by atoms with E-state index in [9.17, 15) is 0 Å². The molecule has 0 aliphatic rings. The summed E-state index contributed by atoms with van der Waals surface area (Å²) in [6.45, 7) is 8.82. The van der Waals surface area contributed by atoms with E-state index in [1.807, 2.05) is 7.05 Å². The Labute approximate surface area is 106 Å². The molecule has 0 saturated carbocycles. The number of rotatable bonds is 6. The molecular weight excluding hydrogens is 208 g/mol. The van der Waals surface area contributed by atoms with E-state index < -0.39 is 0 Å². The third kappa shape index (κ3) is 6.44. The Balaban J connectivity index is 2.29. The van der Waals surface area contributed by atoms with E-state index in [0.717, 1.165) is 13.1 Å². The molecule has 0 fully saturated rings. The second-order valence-corrected chi connectivity index (χ2v) is 5.87. The van der Waals surface area contributed by atoms with Gasteiger partial charge in [-0.15, -0.1) is 0 Å². The molecule has 1 unspecified atom stereocenters. The van der Waals surface area contributed by atoms with Crippen LogP contribution in [-0.2, 0) is 6.54 Å². The van der Waals surface area contributed by atoms with Gasteiger partial charge in [-0.25, -0.2) is 0 Å². The Morgan fingerprint density at radius 3 is 2.29 bits per heavy atom. The highest BCUT2D eigenvalue weighted by atomic mass is 15.0. The molecule has 2 nitrogen and oxygen atoms in total. The second-order valence-electron chi connectivity index (χ2n) is 5.87. The highest BCUT2D eigenvalue weighted by Gasteiger charge is 2.16. The average molecular weight is 234 g/mol. The molecule has 0 amide bonds. The molecule has 0 aliphatic carbocycles. The van der Waals surface area contributed by atoms with Gasteiger partial charge in [-0.3, -0.25) is 0 Å². The molecule has 17 heavy (non-hydrogen) atoms. The van der Waals surface area contributed by atoms with E-state index in [0.29, 0.717) is 11.5 Å². The maximum atomic E-state index is 3.51. The van der Waals surface area contributed by atoms with Crippen LogP contribution in [0.2, 0.25) is 0 Å². The number of likely N-dealkylation sites (N-methyl/N-ethyl adjacent to an activating group) is 1. The van der Waals surface area contributed by atoms with Crippen molar-refractivity contribution >= 4 is 0 Å². The number of benzene rings is 1. The second kappa shape index (κ2) is 6.77. The molecule has 1 atom stereocenters. The van der Waals surface area contributed by atoms with Gasteiger partial charge in [-0.2, -0.15) is 0 Å². The van der Waals surface area contributed by atoms with Gasteiger partial charge >= 0.3 is 0 Å². The molecule has 0 aliphatic heterocycles. The van der Waals surface area contributed by atoms with Gasteiger partial charge in [0.2, 0.25) is 0 Å². The van der Waals surface area contributed by atoms with Crippen LogP contribution in [0.25, 0.3) is 0 Å². The lowest BCUT2D eigenvalue weighted by molar-refractivity contribution is 0.310. The van der Waals surface area contributed by atoms with Crippen molar-refractivity contribution in [2.75, 3.05) is 13.6 Å². The SMILES string of the molecule is CNC(CNCc1ccccc1)CC(C)(C)C. The Bertz CT molecular complexity index is 300. The molecule has 0 radical (unpaired) electrons. The zero-order valence-corrected chi connectivity index (χ0v) is 11.6. The number of nitrogens with one attached hydrogen (secondary N) is 2. The van der Waals surface area contributed by atoms with Gasteiger partial charge in [-0.05, 0) is 24.4 Å². The fourth-order valence-electron chi connectivity index (χ4n) is 2.00. The Kier molecular flexibility index (Phi) is 5.66. The van der Waals surface area contributed by atoms with Crippen LogP contribution in [0.3, 0.4) is 0 Å². The summed E-state index contributed by atoms with van der Waals surface area (Å²) in [5.41, 5.74) is 1.72.